The van der Waals surface area contributed by atoms with Crippen LogP contribution < -0.4 is 19.7 Å². The number of benzene rings is 2. The number of anilines is 1. The molecule has 28 heavy (non-hydrogen) atoms. The molecule has 1 fully saturated rings. The van der Waals surface area contributed by atoms with Crippen molar-refractivity contribution in [1.82, 2.24) is 0 Å². The van der Waals surface area contributed by atoms with Gasteiger partial charge in [-0.15, -0.1) is 0 Å². The fraction of sp³-hybridized carbons (Fsp3) is 0.381. The zero-order valence-electron chi connectivity index (χ0n) is 16.2. The summed E-state index contributed by atoms with van der Waals surface area (Å²) in [5.74, 6) is 1.47. The van der Waals surface area contributed by atoms with Gasteiger partial charge in [-0.1, -0.05) is 23.2 Å². The standard InChI is InChI=1S/C21H24Cl2N2O3/c1-13(21(26)24-18-9-6-14(22)11-17(18)23)25-10-4-5-19(25)16-8-7-15(27-2)12-20(16)28-3/h6-9,11-13,19H,4-5,10H2,1-3H3,(H,24,26)/p+1/t13-,19+/m0/s1. The van der Waals surface area contributed by atoms with Crippen LogP contribution in [0.25, 0.3) is 0 Å². The van der Waals surface area contributed by atoms with E-state index < -0.39 is 0 Å². The van der Waals surface area contributed by atoms with Gasteiger partial charge in [0.05, 0.1) is 37.0 Å². The molecule has 7 heteroatoms. The summed E-state index contributed by atoms with van der Waals surface area (Å²) >= 11 is 12.1. The van der Waals surface area contributed by atoms with E-state index in [4.69, 9.17) is 32.7 Å². The maximum Gasteiger partial charge on any atom is 0.282 e. The first-order valence-electron chi connectivity index (χ1n) is 9.28. The second-order valence-electron chi connectivity index (χ2n) is 6.96. The van der Waals surface area contributed by atoms with Gasteiger partial charge < -0.3 is 19.7 Å². The Hall–Kier alpha value is -1.95. The molecule has 1 amide bonds. The summed E-state index contributed by atoms with van der Waals surface area (Å²) in [6.45, 7) is 2.87. The molecule has 0 saturated carbocycles. The Bertz CT molecular complexity index is 860. The van der Waals surface area contributed by atoms with Crippen LogP contribution >= 0.6 is 23.2 Å². The third kappa shape index (κ3) is 4.37. The van der Waals surface area contributed by atoms with Crippen molar-refractivity contribution in [3.63, 3.8) is 0 Å². The first-order valence-corrected chi connectivity index (χ1v) is 10.0. The van der Waals surface area contributed by atoms with E-state index in [0.29, 0.717) is 15.7 Å². The third-order valence-corrected chi connectivity index (χ3v) is 5.91. The van der Waals surface area contributed by atoms with Crippen LogP contribution in [0, 0.1) is 0 Å². The van der Waals surface area contributed by atoms with Crippen molar-refractivity contribution in [2.45, 2.75) is 31.8 Å². The highest BCUT2D eigenvalue weighted by Crippen LogP contribution is 2.32. The number of amides is 1. The molecule has 0 radical (unpaired) electrons. The predicted octanol–water partition coefficient (Wildman–Crippen LogP) is 3.76. The van der Waals surface area contributed by atoms with Gasteiger partial charge in [0.2, 0.25) is 0 Å². The Morgan fingerprint density at radius 3 is 2.64 bits per heavy atom. The lowest BCUT2D eigenvalue weighted by molar-refractivity contribution is -0.932. The topological polar surface area (TPSA) is 52.0 Å². The molecule has 150 valence electrons. The van der Waals surface area contributed by atoms with Crippen molar-refractivity contribution in [2.75, 3.05) is 26.1 Å². The van der Waals surface area contributed by atoms with Gasteiger partial charge in [-0.3, -0.25) is 4.79 Å². The fourth-order valence-electron chi connectivity index (χ4n) is 3.85. The number of ether oxygens (including phenoxy) is 2. The summed E-state index contributed by atoms with van der Waals surface area (Å²) in [7, 11) is 3.29. The number of halogens is 2. The van der Waals surface area contributed by atoms with Gasteiger partial charge >= 0.3 is 0 Å². The van der Waals surface area contributed by atoms with Crippen LogP contribution in [-0.4, -0.2) is 32.7 Å². The van der Waals surface area contributed by atoms with Crippen LogP contribution in [0.5, 0.6) is 11.5 Å². The molecule has 5 nitrogen and oxygen atoms in total. The number of carbonyl (C=O) groups excluding carboxylic acids is 1. The summed E-state index contributed by atoms with van der Waals surface area (Å²) in [4.78, 5) is 14.1. The van der Waals surface area contributed by atoms with Gasteiger partial charge in [0.15, 0.2) is 6.04 Å². The number of likely N-dealkylation sites (tertiary alicyclic amines) is 1. The largest absolute Gasteiger partial charge is 0.497 e. The monoisotopic (exact) mass is 423 g/mol. The summed E-state index contributed by atoms with van der Waals surface area (Å²) in [6.07, 6.45) is 2.05. The van der Waals surface area contributed by atoms with Crippen molar-refractivity contribution < 1.29 is 19.2 Å². The van der Waals surface area contributed by atoms with E-state index in [1.165, 1.54) is 4.90 Å². The number of rotatable bonds is 6. The van der Waals surface area contributed by atoms with Gasteiger partial charge in [0, 0.05) is 23.9 Å². The van der Waals surface area contributed by atoms with Crippen LogP contribution in [0.3, 0.4) is 0 Å². The molecule has 1 unspecified atom stereocenters. The van der Waals surface area contributed by atoms with Gasteiger partial charge in [0.25, 0.3) is 5.91 Å². The van der Waals surface area contributed by atoms with Crippen molar-refractivity contribution >= 4 is 34.8 Å². The third-order valence-electron chi connectivity index (χ3n) is 5.36. The highest BCUT2D eigenvalue weighted by atomic mass is 35.5. The molecule has 0 aliphatic carbocycles. The van der Waals surface area contributed by atoms with Crippen molar-refractivity contribution in [1.29, 1.82) is 0 Å². The quantitative estimate of drug-likeness (QED) is 0.743. The lowest BCUT2D eigenvalue weighted by Gasteiger charge is -2.28. The number of methoxy groups -OCH3 is 2. The highest BCUT2D eigenvalue weighted by Gasteiger charge is 2.38. The number of hydrogen-bond donors (Lipinski definition) is 2. The van der Waals surface area contributed by atoms with Crippen LogP contribution in [0.15, 0.2) is 36.4 Å². The minimum absolute atomic E-state index is 0.0707. The normalized spacial score (nSPS) is 19.9. The Morgan fingerprint density at radius 1 is 1.18 bits per heavy atom. The molecule has 2 aromatic rings. The summed E-state index contributed by atoms with van der Waals surface area (Å²) in [5.41, 5.74) is 1.67. The van der Waals surface area contributed by atoms with Crippen LogP contribution in [-0.2, 0) is 4.79 Å². The van der Waals surface area contributed by atoms with E-state index in [9.17, 15) is 4.79 Å². The Balaban J connectivity index is 1.79. The van der Waals surface area contributed by atoms with E-state index in [-0.39, 0.29) is 18.0 Å². The Labute approximate surface area is 175 Å². The zero-order chi connectivity index (χ0) is 20.3. The van der Waals surface area contributed by atoms with Gasteiger partial charge in [0.1, 0.15) is 17.5 Å². The Morgan fingerprint density at radius 2 is 1.96 bits per heavy atom. The average Bonchev–Trinajstić information content (AvgIpc) is 3.18. The van der Waals surface area contributed by atoms with Gasteiger partial charge in [-0.25, -0.2) is 0 Å². The molecule has 1 saturated heterocycles. The number of hydrogen-bond acceptors (Lipinski definition) is 3. The van der Waals surface area contributed by atoms with Gasteiger partial charge in [-0.05, 0) is 37.3 Å². The molecule has 0 aromatic heterocycles. The van der Waals surface area contributed by atoms with Crippen molar-refractivity contribution in [3.8, 4) is 11.5 Å². The molecular weight excluding hydrogens is 399 g/mol. The molecule has 2 aromatic carbocycles. The Kier molecular flexibility index (Phi) is 6.70. The maximum atomic E-state index is 12.9. The number of nitrogens with one attached hydrogen (secondary N) is 2. The number of quaternary nitrogens is 1. The molecule has 1 aliphatic rings. The summed E-state index contributed by atoms with van der Waals surface area (Å²) in [6, 6.07) is 10.9. The second kappa shape index (κ2) is 9.03. The highest BCUT2D eigenvalue weighted by molar-refractivity contribution is 6.36. The molecule has 2 N–H and O–H groups in total. The summed E-state index contributed by atoms with van der Waals surface area (Å²) < 4.78 is 10.9. The van der Waals surface area contributed by atoms with E-state index in [2.05, 4.69) is 5.32 Å². The van der Waals surface area contributed by atoms with Gasteiger partial charge in [-0.2, -0.15) is 0 Å². The lowest BCUT2D eigenvalue weighted by Crippen LogP contribution is -3.15. The van der Waals surface area contributed by atoms with Crippen LogP contribution in [0.2, 0.25) is 10.0 Å². The molecule has 3 rings (SSSR count). The first-order chi connectivity index (χ1) is 13.4. The van der Waals surface area contributed by atoms with E-state index in [0.717, 1.165) is 36.4 Å². The minimum Gasteiger partial charge on any atom is -0.497 e. The molecule has 0 bridgehead atoms. The predicted molar refractivity (Wildman–Crippen MR) is 112 cm³/mol. The molecule has 1 aliphatic heterocycles. The lowest BCUT2D eigenvalue weighted by atomic mass is 10.0. The maximum absolute atomic E-state index is 12.9. The van der Waals surface area contributed by atoms with Crippen molar-refractivity contribution in [2.24, 2.45) is 0 Å². The SMILES string of the molecule is COc1ccc([C@H]2CCC[NH+]2[C@@H](C)C(=O)Nc2ccc(Cl)cc2Cl)c(OC)c1. The van der Waals surface area contributed by atoms with E-state index in [1.54, 1.807) is 32.4 Å². The molecular formula is C21H25Cl2N2O3+. The first kappa shape index (κ1) is 20.8. The second-order valence-corrected chi connectivity index (χ2v) is 7.81. The van der Waals surface area contributed by atoms with E-state index >= 15 is 0 Å². The fourth-order valence-corrected chi connectivity index (χ4v) is 4.31. The molecule has 3 atom stereocenters. The number of carbonyl (C=O) groups is 1. The van der Waals surface area contributed by atoms with E-state index in [1.807, 2.05) is 25.1 Å². The zero-order valence-corrected chi connectivity index (χ0v) is 17.7. The minimum atomic E-state index is -0.244. The average molecular weight is 424 g/mol. The van der Waals surface area contributed by atoms with Crippen molar-refractivity contribution in [3.05, 3.63) is 52.0 Å². The molecule has 0 spiro atoms. The molecule has 1 heterocycles. The summed E-state index contributed by atoms with van der Waals surface area (Å²) in [5, 5.41) is 3.89. The van der Waals surface area contributed by atoms with Crippen LogP contribution in [0.1, 0.15) is 31.4 Å². The van der Waals surface area contributed by atoms with Crippen LogP contribution in [0.4, 0.5) is 5.69 Å². The smallest absolute Gasteiger partial charge is 0.282 e.